The summed E-state index contributed by atoms with van der Waals surface area (Å²) in [7, 11) is 0. The van der Waals surface area contributed by atoms with Crippen LogP contribution in [-0.2, 0) is 0 Å². The molecule has 0 fully saturated rings. The number of benzene rings is 1. The summed E-state index contributed by atoms with van der Waals surface area (Å²) in [5.74, 6) is 0. The molecule has 0 saturated heterocycles. The van der Waals surface area contributed by atoms with E-state index in [1.54, 1.807) is 18.5 Å². The third-order valence-corrected chi connectivity index (χ3v) is 2.39. The monoisotopic (exact) mass is 202 g/mol. The van der Waals surface area contributed by atoms with E-state index in [-0.39, 0.29) is 0 Å². The Balaban J connectivity index is 2.95. The predicted octanol–water partition coefficient (Wildman–Crippen LogP) is 3.07. The van der Waals surface area contributed by atoms with Crippen LogP contribution in [0.4, 0.5) is 0 Å². The lowest BCUT2D eigenvalue weighted by Crippen LogP contribution is -1.85. The Morgan fingerprint density at radius 2 is 2.07 bits per heavy atom. The zero-order valence-electron chi connectivity index (χ0n) is 7.58. The smallest absolute Gasteiger partial charge is 0.101 e. The van der Waals surface area contributed by atoms with Crippen LogP contribution in [0.25, 0.3) is 10.8 Å². The van der Waals surface area contributed by atoms with Crippen LogP contribution in [0.15, 0.2) is 24.5 Å². The average Bonchev–Trinajstić information content (AvgIpc) is 2.17. The second kappa shape index (κ2) is 3.28. The number of halogens is 1. The molecular weight excluding hydrogens is 196 g/mol. The predicted molar refractivity (Wildman–Crippen MR) is 56.2 cm³/mol. The van der Waals surface area contributed by atoms with E-state index < -0.39 is 0 Å². The minimum atomic E-state index is 0.563. The van der Waals surface area contributed by atoms with Crippen LogP contribution in [-0.4, -0.2) is 4.98 Å². The lowest BCUT2D eigenvalue weighted by Gasteiger charge is -2.03. The first-order chi connectivity index (χ1) is 6.72. The largest absolute Gasteiger partial charge is 0.263 e. The van der Waals surface area contributed by atoms with Gasteiger partial charge in [-0.2, -0.15) is 5.26 Å². The van der Waals surface area contributed by atoms with Gasteiger partial charge < -0.3 is 0 Å². The molecule has 0 radical (unpaired) electrons. The molecule has 68 valence electrons. The molecule has 14 heavy (non-hydrogen) atoms. The molecule has 0 spiro atoms. The normalized spacial score (nSPS) is 10.1. The van der Waals surface area contributed by atoms with Crippen molar-refractivity contribution < 1.29 is 0 Å². The van der Waals surface area contributed by atoms with Gasteiger partial charge in [0.2, 0.25) is 0 Å². The molecule has 0 atom stereocenters. The number of nitrogens with zero attached hydrogens (tertiary/aromatic N) is 2. The fourth-order valence-corrected chi connectivity index (χ4v) is 1.77. The summed E-state index contributed by atoms with van der Waals surface area (Å²) in [5, 5.41) is 11.4. The second-order valence-corrected chi connectivity index (χ2v) is 3.55. The van der Waals surface area contributed by atoms with E-state index in [9.17, 15) is 0 Å². The van der Waals surface area contributed by atoms with Gasteiger partial charge in [0.05, 0.1) is 5.56 Å². The fourth-order valence-electron chi connectivity index (χ4n) is 1.49. The standard InChI is InChI=1S/C11H7ClN2/c1-7-2-9(12)3-10-8(4-13)5-14-6-11(7)10/h2-3,5-6H,1H3. The Labute approximate surface area is 86.8 Å². The number of hydrogen-bond donors (Lipinski definition) is 0. The summed E-state index contributed by atoms with van der Waals surface area (Å²) in [6, 6.07) is 5.77. The van der Waals surface area contributed by atoms with Crippen LogP contribution in [0.3, 0.4) is 0 Å². The number of aryl methyl sites for hydroxylation is 1. The van der Waals surface area contributed by atoms with Crippen molar-refractivity contribution in [3.05, 3.63) is 40.7 Å². The first-order valence-corrected chi connectivity index (χ1v) is 4.54. The van der Waals surface area contributed by atoms with Gasteiger partial charge >= 0.3 is 0 Å². The maximum absolute atomic E-state index is 8.88. The van der Waals surface area contributed by atoms with Gasteiger partial charge in [-0.3, -0.25) is 4.98 Å². The third kappa shape index (κ3) is 1.32. The zero-order chi connectivity index (χ0) is 10.1. The third-order valence-electron chi connectivity index (χ3n) is 2.17. The lowest BCUT2D eigenvalue weighted by molar-refractivity contribution is 1.33. The molecule has 0 aliphatic heterocycles. The summed E-state index contributed by atoms with van der Waals surface area (Å²) >= 11 is 5.92. The van der Waals surface area contributed by atoms with Crippen LogP contribution in [0.1, 0.15) is 11.1 Å². The summed E-state index contributed by atoms with van der Waals surface area (Å²) in [5.41, 5.74) is 1.60. The number of fused-ring (bicyclic) bond motifs is 1. The topological polar surface area (TPSA) is 36.7 Å². The van der Waals surface area contributed by atoms with E-state index in [4.69, 9.17) is 16.9 Å². The highest BCUT2D eigenvalue weighted by atomic mass is 35.5. The van der Waals surface area contributed by atoms with E-state index in [1.165, 1.54) is 0 Å². The van der Waals surface area contributed by atoms with Gasteiger partial charge in [-0.1, -0.05) is 11.6 Å². The van der Waals surface area contributed by atoms with Crippen molar-refractivity contribution in [1.29, 1.82) is 5.26 Å². The van der Waals surface area contributed by atoms with Gasteiger partial charge in [0.25, 0.3) is 0 Å². The van der Waals surface area contributed by atoms with Gasteiger partial charge in [0, 0.05) is 28.2 Å². The summed E-state index contributed by atoms with van der Waals surface area (Å²) in [6.07, 6.45) is 3.31. The Morgan fingerprint density at radius 3 is 2.79 bits per heavy atom. The summed E-state index contributed by atoms with van der Waals surface area (Å²) < 4.78 is 0. The van der Waals surface area contributed by atoms with Crippen LogP contribution >= 0.6 is 11.6 Å². The molecule has 0 saturated carbocycles. The fraction of sp³-hybridized carbons (Fsp3) is 0.0909. The molecule has 0 unspecified atom stereocenters. The highest BCUT2D eigenvalue weighted by Gasteiger charge is 2.04. The highest BCUT2D eigenvalue weighted by molar-refractivity contribution is 6.31. The minimum absolute atomic E-state index is 0.563. The quantitative estimate of drug-likeness (QED) is 0.658. The molecule has 1 aromatic heterocycles. The molecule has 0 N–H and O–H groups in total. The van der Waals surface area contributed by atoms with Crippen LogP contribution in [0.2, 0.25) is 5.02 Å². The maximum Gasteiger partial charge on any atom is 0.101 e. The van der Waals surface area contributed by atoms with Crippen molar-refractivity contribution in [3.8, 4) is 6.07 Å². The SMILES string of the molecule is Cc1cc(Cl)cc2c(C#N)cncc12. The zero-order valence-corrected chi connectivity index (χ0v) is 8.34. The maximum atomic E-state index is 8.88. The average molecular weight is 203 g/mol. The molecule has 0 aliphatic rings. The molecule has 3 heteroatoms. The van der Waals surface area contributed by atoms with Crippen molar-refractivity contribution >= 4 is 22.4 Å². The van der Waals surface area contributed by atoms with E-state index in [0.717, 1.165) is 16.3 Å². The molecular formula is C11H7ClN2. The van der Waals surface area contributed by atoms with Gasteiger partial charge in [-0.05, 0) is 24.6 Å². The van der Waals surface area contributed by atoms with Gasteiger partial charge in [-0.25, -0.2) is 0 Å². The Bertz CT molecular complexity index is 541. The molecule has 2 aromatic rings. The molecule has 0 amide bonds. The van der Waals surface area contributed by atoms with Gasteiger partial charge in [0.1, 0.15) is 6.07 Å². The number of rotatable bonds is 0. The van der Waals surface area contributed by atoms with Crippen molar-refractivity contribution in [2.75, 3.05) is 0 Å². The van der Waals surface area contributed by atoms with E-state index in [1.807, 2.05) is 13.0 Å². The van der Waals surface area contributed by atoms with E-state index in [2.05, 4.69) is 11.1 Å². The number of nitriles is 1. The van der Waals surface area contributed by atoms with Crippen molar-refractivity contribution in [2.45, 2.75) is 6.92 Å². The van der Waals surface area contributed by atoms with Crippen LogP contribution in [0, 0.1) is 18.3 Å². The molecule has 1 heterocycles. The number of pyridine rings is 1. The number of aromatic nitrogens is 1. The van der Waals surface area contributed by atoms with Crippen molar-refractivity contribution in [3.63, 3.8) is 0 Å². The minimum Gasteiger partial charge on any atom is -0.263 e. The number of hydrogen-bond acceptors (Lipinski definition) is 2. The Hall–Kier alpha value is -1.59. The second-order valence-electron chi connectivity index (χ2n) is 3.12. The molecule has 2 rings (SSSR count). The Morgan fingerprint density at radius 1 is 1.29 bits per heavy atom. The first-order valence-electron chi connectivity index (χ1n) is 4.16. The van der Waals surface area contributed by atoms with Gasteiger partial charge in [0.15, 0.2) is 0 Å². The molecule has 0 aliphatic carbocycles. The summed E-state index contributed by atoms with van der Waals surface area (Å²) in [4.78, 5) is 4.01. The van der Waals surface area contributed by atoms with Crippen molar-refractivity contribution in [1.82, 2.24) is 4.98 Å². The van der Waals surface area contributed by atoms with Gasteiger partial charge in [-0.15, -0.1) is 0 Å². The summed E-state index contributed by atoms with van der Waals surface area (Å²) in [6.45, 7) is 1.96. The van der Waals surface area contributed by atoms with E-state index in [0.29, 0.717) is 10.6 Å². The molecule has 2 nitrogen and oxygen atoms in total. The van der Waals surface area contributed by atoms with Crippen molar-refractivity contribution in [2.24, 2.45) is 0 Å². The first kappa shape index (κ1) is 8.98. The van der Waals surface area contributed by atoms with Crippen LogP contribution in [0.5, 0.6) is 0 Å². The Kier molecular flexibility index (Phi) is 2.11. The molecule has 1 aromatic carbocycles. The highest BCUT2D eigenvalue weighted by Crippen LogP contribution is 2.24. The van der Waals surface area contributed by atoms with E-state index >= 15 is 0 Å². The lowest BCUT2D eigenvalue weighted by atomic mass is 10.0. The van der Waals surface area contributed by atoms with Crippen LogP contribution < -0.4 is 0 Å². The molecule has 0 bridgehead atoms.